The van der Waals surface area contributed by atoms with Crippen molar-refractivity contribution in [2.45, 2.75) is 33.6 Å². The molecule has 1 aromatic rings. The monoisotopic (exact) mass is 333 g/mol. The van der Waals surface area contributed by atoms with E-state index in [1.165, 1.54) is 6.42 Å². The molecule has 1 aliphatic rings. The maximum atomic E-state index is 10.1. The van der Waals surface area contributed by atoms with E-state index in [1.807, 2.05) is 12.1 Å². The van der Waals surface area contributed by atoms with E-state index in [0.29, 0.717) is 30.6 Å². The minimum atomic E-state index is 0.273. The molecule has 0 aromatic heterocycles. The standard InChI is InChI=1S/C19H31N3O2/c1-5-20-19(22-12-14(2)10-15(3)13-22)21-9-8-16-6-7-17(24-4)11-18(16)23/h6-7,11,14-15,23H,5,8-10,12-13H2,1-4H3,(H,20,21). The van der Waals surface area contributed by atoms with Crippen LogP contribution in [-0.2, 0) is 6.42 Å². The second kappa shape index (κ2) is 8.81. The molecule has 24 heavy (non-hydrogen) atoms. The van der Waals surface area contributed by atoms with Crippen LogP contribution in [0.2, 0.25) is 0 Å². The predicted octanol–water partition coefficient (Wildman–Crippen LogP) is 2.89. The van der Waals surface area contributed by atoms with Gasteiger partial charge in [0, 0.05) is 32.2 Å². The van der Waals surface area contributed by atoms with Crippen molar-refractivity contribution in [3.63, 3.8) is 0 Å². The number of ether oxygens (including phenoxy) is 1. The van der Waals surface area contributed by atoms with Crippen molar-refractivity contribution in [1.29, 1.82) is 0 Å². The van der Waals surface area contributed by atoms with Crippen molar-refractivity contribution < 1.29 is 9.84 Å². The predicted molar refractivity (Wildman–Crippen MR) is 98.9 cm³/mol. The summed E-state index contributed by atoms with van der Waals surface area (Å²) in [6.07, 6.45) is 2.00. The highest BCUT2D eigenvalue weighted by molar-refractivity contribution is 5.80. The normalized spacial score (nSPS) is 21.7. The molecular formula is C19H31N3O2. The van der Waals surface area contributed by atoms with E-state index in [4.69, 9.17) is 9.73 Å². The summed E-state index contributed by atoms with van der Waals surface area (Å²) < 4.78 is 5.12. The third-order valence-corrected chi connectivity index (χ3v) is 4.44. The topological polar surface area (TPSA) is 57.1 Å². The fraction of sp³-hybridized carbons (Fsp3) is 0.632. The number of nitrogens with zero attached hydrogens (tertiary/aromatic N) is 2. The molecule has 2 rings (SSSR count). The number of aliphatic imine (C=N–C) groups is 1. The largest absolute Gasteiger partial charge is 0.508 e. The fourth-order valence-electron chi connectivity index (χ4n) is 3.43. The molecule has 5 heteroatoms. The number of phenolic OH excluding ortho intramolecular Hbond substituents is 1. The molecule has 2 N–H and O–H groups in total. The van der Waals surface area contributed by atoms with Crippen LogP contribution in [0, 0.1) is 11.8 Å². The number of nitrogens with one attached hydrogen (secondary N) is 1. The maximum Gasteiger partial charge on any atom is 0.193 e. The Bertz CT molecular complexity index is 550. The second-order valence-corrected chi connectivity index (χ2v) is 6.83. The summed E-state index contributed by atoms with van der Waals surface area (Å²) in [7, 11) is 1.60. The van der Waals surface area contributed by atoms with Gasteiger partial charge in [0.25, 0.3) is 0 Å². The Hall–Kier alpha value is -1.91. The van der Waals surface area contributed by atoms with Crippen molar-refractivity contribution in [3.05, 3.63) is 23.8 Å². The highest BCUT2D eigenvalue weighted by atomic mass is 16.5. The maximum absolute atomic E-state index is 10.1. The number of aromatic hydroxyl groups is 1. The summed E-state index contributed by atoms with van der Waals surface area (Å²) in [6.45, 7) is 10.4. The number of rotatable bonds is 5. The molecule has 2 unspecified atom stereocenters. The van der Waals surface area contributed by atoms with Crippen LogP contribution in [0.5, 0.6) is 11.5 Å². The zero-order chi connectivity index (χ0) is 17.5. The molecule has 0 aliphatic carbocycles. The summed E-state index contributed by atoms with van der Waals surface area (Å²) >= 11 is 0. The first-order valence-electron chi connectivity index (χ1n) is 8.92. The Morgan fingerprint density at radius 1 is 1.33 bits per heavy atom. The van der Waals surface area contributed by atoms with Gasteiger partial charge in [-0.05, 0) is 43.2 Å². The van der Waals surface area contributed by atoms with E-state index in [1.54, 1.807) is 13.2 Å². The van der Waals surface area contributed by atoms with Crippen LogP contribution in [-0.4, -0.2) is 49.3 Å². The number of piperidine rings is 1. The fourth-order valence-corrected chi connectivity index (χ4v) is 3.43. The molecule has 0 spiro atoms. The third kappa shape index (κ3) is 5.05. The zero-order valence-electron chi connectivity index (χ0n) is 15.4. The van der Waals surface area contributed by atoms with Crippen LogP contribution in [0.15, 0.2) is 23.2 Å². The molecule has 1 heterocycles. The van der Waals surface area contributed by atoms with Gasteiger partial charge in [0.1, 0.15) is 11.5 Å². The van der Waals surface area contributed by atoms with E-state index >= 15 is 0 Å². The summed E-state index contributed by atoms with van der Waals surface area (Å²) in [4.78, 5) is 7.15. The highest BCUT2D eigenvalue weighted by Gasteiger charge is 2.23. The van der Waals surface area contributed by atoms with E-state index in [0.717, 1.165) is 31.2 Å². The first-order chi connectivity index (χ1) is 11.5. The number of phenols is 1. The van der Waals surface area contributed by atoms with Crippen molar-refractivity contribution in [2.75, 3.05) is 33.3 Å². The number of hydrogen-bond acceptors (Lipinski definition) is 3. The van der Waals surface area contributed by atoms with Gasteiger partial charge in [0.15, 0.2) is 5.96 Å². The van der Waals surface area contributed by atoms with Gasteiger partial charge in [-0.25, -0.2) is 0 Å². The molecule has 0 radical (unpaired) electrons. The number of likely N-dealkylation sites (tertiary alicyclic amines) is 1. The van der Waals surface area contributed by atoms with Crippen molar-refractivity contribution in [1.82, 2.24) is 10.2 Å². The lowest BCUT2D eigenvalue weighted by atomic mass is 9.92. The summed E-state index contributed by atoms with van der Waals surface area (Å²) in [5.74, 6) is 3.33. The van der Waals surface area contributed by atoms with E-state index in [-0.39, 0.29) is 5.75 Å². The van der Waals surface area contributed by atoms with Gasteiger partial charge in [-0.15, -0.1) is 0 Å². The van der Waals surface area contributed by atoms with Gasteiger partial charge in [-0.2, -0.15) is 0 Å². The Labute approximate surface area is 145 Å². The smallest absolute Gasteiger partial charge is 0.193 e. The van der Waals surface area contributed by atoms with Crippen molar-refractivity contribution >= 4 is 5.96 Å². The quantitative estimate of drug-likeness (QED) is 0.643. The van der Waals surface area contributed by atoms with E-state index in [9.17, 15) is 5.11 Å². The molecule has 1 aliphatic heterocycles. The SMILES string of the molecule is CCNC(=NCCc1ccc(OC)cc1O)N1CC(C)CC(C)C1. The van der Waals surface area contributed by atoms with Gasteiger partial charge < -0.3 is 20.1 Å². The molecule has 0 amide bonds. The lowest BCUT2D eigenvalue weighted by molar-refractivity contribution is 0.208. The number of benzene rings is 1. The Morgan fingerprint density at radius 2 is 2.04 bits per heavy atom. The minimum absolute atomic E-state index is 0.273. The molecule has 0 saturated carbocycles. The second-order valence-electron chi connectivity index (χ2n) is 6.83. The van der Waals surface area contributed by atoms with E-state index in [2.05, 4.69) is 31.0 Å². The van der Waals surface area contributed by atoms with Crippen molar-refractivity contribution in [2.24, 2.45) is 16.8 Å². The molecule has 2 atom stereocenters. The van der Waals surface area contributed by atoms with Crippen LogP contribution < -0.4 is 10.1 Å². The molecule has 1 saturated heterocycles. The van der Waals surface area contributed by atoms with Crippen LogP contribution in [0.3, 0.4) is 0 Å². The lowest BCUT2D eigenvalue weighted by Crippen LogP contribution is -2.48. The Kier molecular flexibility index (Phi) is 6.76. The summed E-state index contributed by atoms with van der Waals surface area (Å²) in [5, 5.41) is 13.5. The van der Waals surface area contributed by atoms with Crippen LogP contribution in [0.1, 0.15) is 32.8 Å². The summed E-state index contributed by atoms with van der Waals surface area (Å²) in [6, 6.07) is 5.43. The molecule has 0 bridgehead atoms. The molecule has 134 valence electrons. The van der Waals surface area contributed by atoms with E-state index < -0.39 is 0 Å². The zero-order valence-corrected chi connectivity index (χ0v) is 15.4. The van der Waals surface area contributed by atoms with Crippen LogP contribution >= 0.6 is 0 Å². The number of methoxy groups -OCH3 is 1. The summed E-state index contributed by atoms with van der Waals surface area (Å²) in [5.41, 5.74) is 0.899. The van der Waals surface area contributed by atoms with Gasteiger partial charge in [0.05, 0.1) is 7.11 Å². The average Bonchev–Trinajstić information content (AvgIpc) is 2.54. The lowest BCUT2D eigenvalue weighted by Gasteiger charge is -2.37. The molecule has 1 aromatic carbocycles. The molecule has 5 nitrogen and oxygen atoms in total. The molecular weight excluding hydrogens is 302 g/mol. The van der Waals surface area contributed by atoms with Gasteiger partial charge in [-0.1, -0.05) is 19.9 Å². The van der Waals surface area contributed by atoms with Gasteiger partial charge in [-0.3, -0.25) is 4.99 Å². The Balaban J connectivity index is 2.00. The third-order valence-electron chi connectivity index (χ3n) is 4.44. The number of hydrogen-bond donors (Lipinski definition) is 2. The number of guanidine groups is 1. The first-order valence-corrected chi connectivity index (χ1v) is 8.92. The highest BCUT2D eigenvalue weighted by Crippen LogP contribution is 2.24. The molecule has 1 fully saturated rings. The van der Waals surface area contributed by atoms with Crippen molar-refractivity contribution in [3.8, 4) is 11.5 Å². The Morgan fingerprint density at radius 3 is 2.62 bits per heavy atom. The first kappa shape index (κ1) is 18.4. The van der Waals surface area contributed by atoms with Crippen LogP contribution in [0.25, 0.3) is 0 Å². The van der Waals surface area contributed by atoms with Crippen LogP contribution in [0.4, 0.5) is 0 Å². The average molecular weight is 333 g/mol. The van der Waals surface area contributed by atoms with Gasteiger partial charge >= 0.3 is 0 Å². The van der Waals surface area contributed by atoms with Gasteiger partial charge in [0.2, 0.25) is 0 Å². The minimum Gasteiger partial charge on any atom is -0.508 e.